The van der Waals surface area contributed by atoms with Gasteiger partial charge in [-0.15, -0.1) is 23.7 Å². The van der Waals surface area contributed by atoms with Gasteiger partial charge in [-0.1, -0.05) is 12.1 Å². The van der Waals surface area contributed by atoms with Crippen molar-refractivity contribution in [1.82, 2.24) is 15.0 Å². The number of thiazole rings is 1. The number of para-hydroxylation sites is 1. The lowest BCUT2D eigenvalue weighted by Crippen LogP contribution is -2.36. The number of benzene rings is 1. The van der Waals surface area contributed by atoms with Gasteiger partial charge in [0.1, 0.15) is 22.5 Å². The molecule has 1 aromatic carbocycles. The van der Waals surface area contributed by atoms with Crippen molar-refractivity contribution in [2.45, 2.75) is 31.1 Å². The van der Waals surface area contributed by atoms with Crippen molar-refractivity contribution in [3.05, 3.63) is 34.6 Å². The first kappa shape index (κ1) is 25.3. The van der Waals surface area contributed by atoms with E-state index in [2.05, 4.69) is 25.6 Å². The molecule has 4 atom stereocenters. The van der Waals surface area contributed by atoms with Gasteiger partial charge in [0.05, 0.1) is 22.4 Å². The number of hydrogen-bond donors (Lipinski definition) is 6. The molecule has 2 aromatic heterocycles. The highest BCUT2D eigenvalue weighted by Gasteiger charge is 2.41. The summed E-state index contributed by atoms with van der Waals surface area (Å²) in [5, 5.41) is 36.8. The number of nitrogens with one attached hydrogen (secondary N) is 3. The maximum atomic E-state index is 13.1. The third-order valence-corrected chi connectivity index (χ3v) is 6.66. The normalized spacial score (nSPS) is 22.3. The van der Waals surface area contributed by atoms with Crippen LogP contribution in [0.5, 0.6) is 0 Å². The van der Waals surface area contributed by atoms with E-state index in [-0.39, 0.29) is 41.9 Å². The lowest BCUT2D eigenvalue weighted by Gasteiger charge is -2.20. The van der Waals surface area contributed by atoms with Crippen molar-refractivity contribution >= 4 is 45.7 Å². The van der Waals surface area contributed by atoms with Crippen LogP contribution in [0.2, 0.25) is 0 Å². The van der Waals surface area contributed by atoms with Crippen molar-refractivity contribution in [2.75, 3.05) is 37.5 Å². The Morgan fingerprint density at radius 1 is 1.24 bits per heavy atom. The van der Waals surface area contributed by atoms with Gasteiger partial charge in [-0.05, 0) is 25.0 Å². The number of aromatic nitrogens is 3. The van der Waals surface area contributed by atoms with Gasteiger partial charge >= 0.3 is 0 Å². The third-order valence-electron chi connectivity index (χ3n) is 5.60. The van der Waals surface area contributed by atoms with Crippen LogP contribution in [0.4, 0.5) is 11.8 Å². The van der Waals surface area contributed by atoms with Gasteiger partial charge in [0.15, 0.2) is 0 Å². The molecule has 0 unspecified atom stereocenters. The average Bonchev–Trinajstić information content (AvgIpc) is 3.32. The van der Waals surface area contributed by atoms with Crippen LogP contribution in [-0.2, 0) is 4.74 Å². The lowest BCUT2D eigenvalue weighted by molar-refractivity contribution is 0.00446. The number of halogens is 1. The second-order valence-corrected chi connectivity index (χ2v) is 8.84. The minimum atomic E-state index is -1.10. The number of nitrogens with zero attached hydrogens (tertiary/aromatic N) is 2. The van der Waals surface area contributed by atoms with Crippen molar-refractivity contribution < 1.29 is 20.1 Å². The fourth-order valence-electron chi connectivity index (χ4n) is 3.89. The summed E-state index contributed by atoms with van der Waals surface area (Å²) in [5.74, 6) is 0.0872. The number of anilines is 2. The van der Waals surface area contributed by atoms with E-state index in [1.807, 2.05) is 24.3 Å². The third kappa shape index (κ3) is 5.45. The standard InChI is InChI=1S/C21H27N5O5S.ClH/c1-31-8-4-7-22-21-25-18(23-13-9-11(10-27)16(28)17(13)29)15(19(30)26-21)20-24-12-5-2-3-6-14(12)32-20;/h2-3,5-6,11,13,16-17,27-29H,4,7-10H2,1H3,(H3,22,23,25,26,30);1H/t11-,13-,16-,17+;/m1./s1. The summed E-state index contributed by atoms with van der Waals surface area (Å²) < 4.78 is 5.98. The van der Waals surface area contributed by atoms with E-state index in [0.29, 0.717) is 24.6 Å². The van der Waals surface area contributed by atoms with Crippen LogP contribution in [0.3, 0.4) is 0 Å². The van der Waals surface area contributed by atoms with E-state index in [0.717, 1.165) is 16.6 Å². The summed E-state index contributed by atoms with van der Waals surface area (Å²) in [7, 11) is 1.62. The summed E-state index contributed by atoms with van der Waals surface area (Å²) >= 11 is 1.37. The number of methoxy groups -OCH3 is 1. The van der Waals surface area contributed by atoms with Crippen LogP contribution in [0, 0.1) is 5.92 Å². The maximum Gasteiger partial charge on any atom is 0.264 e. The summed E-state index contributed by atoms with van der Waals surface area (Å²) in [6.45, 7) is 0.880. The highest BCUT2D eigenvalue weighted by Crippen LogP contribution is 2.34. The molecule has 12 heteroatoms. The van der Waals surface area contributed by atoms with Gasteiger partial charge < -0.3 is 30.7 Å². The van der Waals surface area contributed by atoms with Gasteiger partial charge in [0.2, 0.25) is 5.95 Å². The average molecular weight is 498 g/mol. The zero-order valence-electron chi connectivity index (χ0n) is 18.0. The summed E-state index contributed by atoms with van der Waals surface area (Å²) in [5.41, 5.74) is 0.668. The van der Waals surface area contributed by atoms with Crippen molar-refractivity contribution in [1.29, 1.82) is 0 Å². The quantitative estimate of drug-likeness (QED) is 0.241. The first-order valence-electron chi connectivity index (χ1n) is 10.5. The maximum absolute atomic E-state index is 13.1. The largest absolute Gasteiger partial charge is 0.396 e. The molecular formula is C21H28ClN5O5S. The molecule has 0 bridgehead atoms. The zero-order chi connectivity index (χ0) is 22.7. The van der Waals surface area contributed by atoms with Crippen LogP contribution in [0.25, 0.3) is 20.8 Å². The molecule has 1 aliphatic rings. The summed E-state index contributed by atoms with van der Waals surface area (Å²) in [6, 6.07) is 7.01. The number of fused-ring (bicyclic) bond motifs is 1. The Hall–Kier alpha value is -2.28. The second-order valence-electron chi connectivity index (χ2n) is 7.81. The van der Waals surface area contributed by atoms with Crippen LogP contribution < -0.4 is 16.2 Å². The van der Waals surface area contributed by atoms with Gasteiger partial charge in [0, 0.05) is 32.8 Å². The number of aromatic amines is 1. The lowest BCUT2D eigenvalue weighted by atomic mass is 10.1. The van der Waals surface area contributed by atoms with Gasteiger partial charge in [-0.3, -0.25) is 9.78 Å². The van der Waals surface area contributed by atoms with Gasteiger partial charge in [0.25, 0.3) is 5.56 Å². The van der Waals surface area contributed by atoms with E-state index >= 15 is 0 Å². The predicted molar refractivity (Wildman–Crippen MR) is 130 cm³/mol. The molecule has 10 nitrogen and oxygen atoms in total. The van der Waals surface area contributed by atoms with Gasteiger partial charge in [-0.2, -0.15) is 4.98 Å². The topological polar surface area (TPSA) is 153 Å². The van der Waals surface area contributed by atoms with Crippen LogP contribution in [-0.4, -0.2) is 75.4 Å². The van der Waals surface area contributed by atoms with Crippen molar-refractivity contribution in [3.8, 4) is 10.6 Å². The van der Waals surface area contributed by atoms with Crippen molar-refractivity contribution in [3.63, 3.8) is 0 Å². The second kappa shape index (κ2) is 11.2. The Bertz CT molecular complexity index is 1090. The Labute approximate surface area is 200 Å². The Balaban J connectivity index is 0.00000306. The highest BCUT2D eigenvalue weighted by atomic mass is 35.5. The molecule has 0 amide bonds. The zero-order valence-corrected chi connectivity index (χ0v) is 19.7. The highest BCUT2D eigenvalue weighted by molar-refractivity contribution is 7.21. The smallest absolute Gasteiger partial charge is 0.264 e. The number of hydrogen-bond acceptors (Lipinski definition) is 10. The Kier molecular flexibility index (Phi) is 8.63. The molecule has 1 saturated carbocycles. The summed E-state index contributed by atoms with van der Waals surface area (Å²) in [4.78, 5) is 25.0. The van der Waals surface area contributed by atoms with E-state index < -0.39 is 24.2 Å². The van der Waals surface area contributed by atoms with Crippen molar-refractivity contribution in [2.24, 2.45) is 5.92 Å². The molecule has 3 aromatic rings. The predicted octanol–water partition coefficient (Wildman–Crippen LogP) is 1.43. The molecule has 4 rings (SSSR count). The minimum absolute atomic E-state index is 0. The van der Waals surface area contributed by atoms with Crippen LogP contribution in [0.1, 0.15) is 12.8 Å². The van der Waals surface area contributed by atoms with E-state index in [1.54, 1.807) is 7.11 Å². The first-order valence-corrected chi connectivity index (χ1v) is 11.3. The molecule has 2 heterocycles. The number of H-pyrrole nitrogens is 1. The number of ether oxygens (including phenoxy) is 1. The molecule has 180 valence electrons. The van der Waals surface area contributed by atoms with Crippen LogP contribution >= 0.6 is 23.7 Å². The fourth-order valence-corrected chi connectivity index (χ4v) is 4.90. The molecule has 1 fully saturated rings. The monoisotopic (exact) mass is 497 g/mol. The molecule has 1 aliphatic carbocycles. The fraction of sp³-hybridized carbons (Fsp3) is 0.476. The molecule has 0 radical (unpaired) electrons. The first-order chi connectivity index (χ1) is 15.5. The molecule has 0 aliphatic heterocycles. The number of aliphatic hydroxyl groups is 3. The molecule has 0 saturated heterocycles. The van der Waals surface area contributed by atoms with E-state index in [4.69, 9.17) is 4.74 Å². The molecule has 0 spiro atoms. The van der Waals surface area contributed by atoms with E-state index in [1.165, 1.54) is 11.3 Å². The van der Waals surface area contributed by atoms with Crippen LogP contribution in [0.15, 0.2) is 29.1 Å². The SMILES string of the molecule is COCCCNc1nc(N[C@@H]2C[C@H](CO)[C@@H](O)[C@H]2O)c(-c2nc3ccccc3s2)c(=O)[nH]1.Cl. The Morgan fingerprint density at radius 3 is 2.73 bits per heavy atom. The van der Waals surface area contributed by atoms with Gasteiger partial charge in [-0.25, -0.2) is 4.98 Å². The summed E-state index contributed by atoms with van der Waals surface area (Å²) in [6.07, 6.45) is -1.09. The number of aliphatic hydroxyl groups excluding tert-OH is 3. The molecular weight excluding hydrogens is 470 g/mol. The minimum Gasteiger partial charge on any atom is -0.396 e. The molecule has 6 N–H and O–H groups in total. The Morgan fingerprint density at radius 2 is 2.03 bits per heavy atom. The van der Waals surface area contributed by atoms with E-state index in [9.17, 15) is 20.1 Å². The molecule has 33 heavy (non-hydrogen) atoms. The number of rotatable bonds is 9.